The molecule has 0 atom stereocenters. The molecule has 1 aliphatic heterocycles. The van der Waals surface area contributed by atoms with Crippen LogP contribution in [-0.4, -0.2) is 29.9 Å². The number of para-hydroxylation sites is 1. The van der Waals surface area contributed by atoms with Crippen molar-refractivity contribution < 1.29 is 22.8 Å². The van der Waals surface area contributed by atoms with E-state index in [2.05, 4.69) is 21.9 Å². The van der Waals surface area contributed by atoms with Crippen molar-refractivity contribution in [3.8, 4) is 11.3 Å². The summed E-state index contributed by atoms with van der Waals surface area (Å²) < 4.78 is 32.3. The lowest BCUT2D eigenvalue weighted by atomic mass is 10.0. The fourth-order valence-corrected chi connectivity index (χ4v) is 3.65. The molecular weight excluding hydrogens is 418 g/mol. The summed E-state index contributed by atoms with van der Waals surface area (Å²) in [4.78, 5) is 30.3. The molecule has 32 heavy (non-hydrogen) atoms. The van der Waals surface area contributed by atoms with E-state index in [4.69, 9.17) is 4.42 Å². The molecular formula is C23H22F2N4O3. The smallest absolute Gasteiger partial charge is 0.257 e. The average molecular weight is 440 g/mol. The van der Waals surface area contributed by atoms with Crippen molar-refractivity contribution in [1.29, 1.82) is 0 Å². The molecule has 2 heterocycles. The third-order valence-electron chi connectivity index (χ3n) is 5.20. The summed E-state index contributed by atoms with van der Waals surface area (Å²) in [5.41, 5.74) is 7.14. The number of hydrazine groups is 1. The number of nitrogens with zero attached hydrogens (tertiary/aromatic N) is 2. The molecule has 4 rings (SSSR count). The van der Waals surface area contributed by atoms with Crippen LogP contribution in [0.3, 0.4) is 0 Å². The highest BCUT2D eigenvalue weighted by atomic mass is 19.1. The van der Waals surface area contributed by atoms with Gasteiger partial charge in [0.05, 0.1) is 18.3 Å². The number of carbonyl (C=O) groups is 2. The van der Waals surface area contributed by atoms with Crippen LogP contribution in [0, 0.1) is 11.6 Å². The van der Waals surface area contributed by atoms with E-state index in [9.17, 15) is 18.4 Å². The summed E-state index contributed by atoms with van der Waals surface area (Å²) in [6.45, 7) is 0.920. The van der Waals surface area contributed by atoms with Crippen LogP contribution in [0.25, 0.3) is 11.3 Å². The fourth-order valence-electron chi connectivity index (χ4n) is 3.65. The molecule has 3 aromatic rings. The molecule has 0 spiro atoms. The number of aromatic nitrogens is 1. The fraction of sp³-hybridized carbons (Fsp3) is 0.261. The van der Waals surface area contributed by atoms with E-state index in [0.29, 0.717) is 0 Å². The zero-order valence-corrected chi connectivity index (χ0v) is 17.2. The highest BCUT2D eigenvalue weighted by molar-refractivity contribution is 5.85. The number of aryl methyl sites for hydroxylation is 2. The van der Waals surface area contributed by atoms with Crippen LogP contribution in [0.2, 0.25) is 0 Å². The van der Waals surface area contributed by atoms with Gasteiger partial charge in [0.1, 0.15) is 11.6 Å². The highest BCUT2D eigenvalue weighted by Crippen LogP contribution is 2.26. The van der Waals surface area contributed by atoms with Gasteiger partial charge in [-0.05, 0) is 36.6 Å². The van der Waals surface area contributed by atoms with E-state index >= 15 is 0 Å². The van der Waals surface area contributed by atoms with Crippen LogP contribution in [0.1, 0.15) is 24.3 Å². The Balaban J connectivity index is 1.24. The predicted molar refractivity (Wildman–Crippen MR) is 113 cm³/mol. The van der Waals surface area contributed by atoms with Crippen LogP contribution in [0.15, 0.2) is 53.1 Å². The average Bonchev–Trinajstić information content (AvgIpc) is 3.25. The lowest BCUT2D eigenvalue weighted by Gasteiger charge is -2.30. The van der Waals surface area contributed by atoms with Gasteiger partial charge in [0, 0.05) is 31.1 Å². The number of oxazole rings is 1. The Morgan fingerprint density at radius 2 is 1.91 bits per heavy atom. The van der Waals surface area contributed by atoms with Crippen LogP contribution in [0.4, 0.5) is 14.5 Å². The van der Waals surface area contributed by atoms with Gasteiger partial charge in [0.15, 0.2) is 11.7 Å². The second-order valence-corrected chi connectivity index (χ2v) is 7.49. The lowest BCUT2D eigenvalue weighted by molar-refractivity contribution is -0.128. The molecule has 0 fully saturated rings. The number of hydrogen-bond acceptors (Lipinski definition) is 5. The highest BCUT2D eigenvalue weighted by Gasteiger charge is 2.19. The molecule has 1 aliphatic rings. The Bertz CT molecular complexity index is 1130. The van der Waals surface area contributed by atoms with Crippen molar-refractivity contribution in [1.82, 2.24) is 15.8 Å². The maximum absolute atomic E-state index is 13.9. The molecule has 0 saturated heterocycles. The summed E-state index contributed by atoms with van der Waals surface area (Å²) in [6, 6.07) is 11.1. The maximum atomic E-state index is 13.9. The summed E-state index contributed by atoms with van der Waals surface area (Å²) in [6.07, 6.45) is 3.45. The monoisotopic (exact) mass is 440 g/mol. The topological polar surface area (TPSA) is 87.5 Å². The van der Waals surface area contributed by atoms with E-state index in [0.717, 1.165) is 37.2 Å². The van der Waals surface area contributed by atoms with Crippen molar-refractivity contribution >= 4 is 17.5 Å². The minimum Gasteiger partial charge on any atom is -0.441 e. The first-order valence-electron chi connectivity index (χ1n) is 10.3. The summed E-state index contributed by atoms with van der Waals surface area (Å²) >= 11 is 0. The first-order chi connectivity index (χ1) is 15.5. The molecule has 166 valence electrons. The number of hydrogen-bond donors (Lipinski definition) is 2. The lowest BCUT2D eigenvalue weighted by Crippen LogP contribution is -2.47. The van der Waals surface area contributed by atoms with E-state index in [1.165, 1.54) is 17.8 Å². The van der Waals surface area contributed by atoms with E-state index in [-0.39, 0.29) is 42.5 Å². The molecule has 2 amide bonds. The van der Waals surface area contributed by atoms with Crippen LogP contribution >= 0.6 is 0 Å². The van der Waals surface area contributed by atoms with Gasteiger partial charge >= 0.3 is 0 Å². The molecule has 0 unspecified atom stereocenters. The van der Waals surface area contributed by atoms with Gasteiger partial charge in [-0.25, -0.2) is 13.8 Å². The van der Waals surface area contributed by atoms with Crippen molar-refractivity contribution in [3.05, 3.63) is 71.8 Å². The summed E-state index contributed by atoms with van der Waals surface area (Å²) in [5.74, 6) is -1.80. The Kier molecular flexibility index (Phi) is 6.44. The van der Waals surface area contributed by atoms with Crippen LogP contribution < -0.4 is 15.8 Å². The second-order valence-electron chi connectivity index (χ2n) is 7.49. The van der Waals surface area contributed by atoms with Gasteiger partial charge in [-0.2, -0.15) is 0 Å². The van der Waals surface area contributed by atoms with E-state index in [1.807, 2.05) is 23.1 Å². The number of nitrogens with one attached hydrogen (secondary N) is 2. The van der Waals surface area contributed by atoms with Gasteiger partial charge in [0.2, 0.25) is 5.91 Å². The van der Waals surface area contributed by atoms with Gasteiger partial charge < -0.3 is 9.32 Å². The molecule has 0 bridgehead atoms. The van der Waals surface area contributed by atoms with Crippen molar-refractivity contribution in [2.24, 2.45) is 0 Å². The third-order valence-corrected chi connectivity index (χ3v) is 5.20. The summed E-state index contributed by atoms with van der Waals surface area (Å²) in [5, 5.41) is 0. The number of amides is 2. The standard InChI is InChI=1S/C23H22F2N4O3/c24-16-7-8-17(18(25)12-16)20-13-26-23(32-20)10-9-21(30)27-28-22(31)14-29-11-3-5-15-4-1-2-6-19(15)29/h1-2,4,6-8,12-13H,3,5,9-11,14H2,(H,27,30)(H,28,31). The largest absolute Gasteiger partial charge is 0.441 e. The summed E-state index contributed by atoms with van der Waals surface area (Å²) in [7, 11) is 0. The minimum atomic E-state index is -0.760. The Morgan fingerprint density at radius 3 is 2.75 bits per heavy atom. The molecule has 9 heteroatoms. The van der Waals surface area contributed by atoms with Crippen molar-refractivity contribution in [2.45, 2.75) is 25.7 Å². The van der Waals surface area contributed by atoms with Crippen LogP contribution in [0.5, 0.6) is 0 Å². The minimum absolute atomic E-state index is 0.0126. The first kappa shape index (κ1) is 21.5. The molecule has 0 saturated carbocycles. The second kappa shape index (κ2) is 9.59. The van der Waals surface area contributed by atoms with Crippen LogP contribution in [-0.2, 0) is 22.4 Å². The zero-order valence-electron chi connectivity index (χ0n) is 17.2. The maximum Gasteiger partial charge on any atom is 0.257 e. The van der Waals surface area contributed by atoms with Crippen molar-refractivity contribution in [3.63, 3.8) is 0 Å². The Morgan fingerprint density at radius 1 is 1.09 bits per heavy atom. The number of benzene rings is 2. The molecule has 2 aromatic carbocycles. The van der Waals surface area contributed by atoms with Gasteiger partial charge in [0.25, 0.3) is 5.91 Å². The predicted octanol–water partition coefficient (Wildman–Crippen LogP) is 3.15. The number of rotatable bonds is 6. The number of carbonyl (C=O) groups excluding carboxylic acids is 2. The molecule has 0 aliphatic carbocycles. The Labute approximate surface area is 183 Å². The van der Waals surface area contributed by atoms with Gasteiger partial charge in [-0.3, -0.25) is 20.4 Å². The first-order valence-corrected chi connectivity index (χ1v) is 10.3. The number of halogens is 2. The molecule has 1 aromatic heterocycles. The zero-order chi connectivity index (χ0) is 22.5. The van der Waals surface area contributed by atoms with Gasteiger partial charge in [-0.1, -0.05) is 18.2 Å². The Hall–Kier alpha value is -3.75. The number of fused-ring (bicyclic) bond motifs is 1. The quantitative estimate of drug-likeness (QED) is 0.575. The molecule has 7 nitrogen and oxygen atoms in total. The molecule has 0 radical (unpaired) electrons. The SMILES string of the molecule is O=C(CCc1ncc(-c2ccc(F)cc2F)o1)NNC(=O)CN1CCCc2ccccc21. The molecule has 2 N–H and O–H groups in total. The van der Waals surface area contributed by atoms with Gasteiger partial charge in [-0.15, -0.1) is 0 Å². The third kappa shape index (κ3) is 5.11. The number of anilines is 1. The normalized spacial score (nSPS) is 12.9. The van der Waals surface area contributed by atoms with E-state index in [1.54, 1.807) is 0 Å². The van der Waals surface area contributed by atoms with E-state index < -0.39 is 17.5 Å². The van der Waals surface area contributed by atoms with Crippen molar-refractivity contribution in [2.75, 3.05) is 18.0 Å².